The van der Waals surface area contributed by atoms with Gasteiger partial charge in [-0.1, -0.05) is 18.2 Å². The van der Waals surface area contributed by atoms with Crippen LogP contribution < -0.4 is 5.32 Å². The first-order valence-corrected chi connectivity index (χ1v) is 11.2. The van der Waals surface area contributed by atoms with Crippen molar-refractivity contribution in [1.82, 2.24) is 10.3 Å². The maximum Gasteiger partial charge on any atom is 0.0868 e. The summed E-state index contributed by atoms with van der Waals surface area (Å²) in [5.41, 5.74) is 1.50. The predicted octanol–water partition coefficient (Wildman–Crippen LogP) is 6.01. The molecule has 2 N–H and O–H groups in total. The van der Waals surface area contributed by atoms with E-state index < -0.39 is 5.60 Å². The second-order valence-corrected chi connectivity index (χ2v) is 9.13. The zero-order chi connectivity index (χ0) is 20.3. The van der Waals surface area contributed by atoms with Crippen molar-refractivity contribution in [3.05, 3.63) is 77.4 Å². The summed E-state index contributed by atoms with van der Waals surface area (Å²) in [6.07, 6.45) is 6.51. The maximum absolute atomic E-state index is 11.0. The molecule has 2 aromatic carbocycles. The zero-order valence-corrected chi connectivity index (χ0v) is 17.9. The first-order valence-electron chi connectivity index (χ1n) is 10.3. The van der Waals surface area contributed by atoms with Gasteiger partial charge >= 0.3 is 0 Å². The van der Waals surface area contributed by atoms with Crippen LogP contribution in [0.25, 0.3) is 20.9 Å². The van der Waals surface area contributed by atoms with Gasteiger partial charge in [0.15, 0.2) is 0 Å². The van der Waals surface area contributed by atoms with Crippen molar-refractivity contribution in [2.75, 3.05) is 0 Å². The number of nitrogens with one attached hydrogen (secondary N) is 1. The monoisotopic (exact) mass is 404 g/mol. The van der Waals surface area contributed by atoms with Crippen molar-refractivity contribution >= 4 is 32.2 Å². The first-order chi connectivity index (χ1) is 14.0. The first kappa shape index (κ1) is 20.0. The van der Waals surface area contributed by atoms with E-state index in [-0.39, 0.29) is 0 Å². The number of pyridine rings is 1. The molecule has 29 heavy (non-hydrogen) atoms. The fraction of sp³-hybridized carbons (Fsp3) is 0.320. The standard InChI is InChI=1S/C25H28N2OS/c1-18(27-16-19-5-6-22-17-26-12-9-20(22)14-19)4-3-11-25(2,28)23-7-8-24-21(15-23)10-13-29-24/h5-10,12-15,17-18,27-28H,3-4,11,16H2,1-2H3/t18-,25?/m1/s1. The molecule has 0 aliphatic heterocycles. The molecule has 4 rings (SSSR count). The lowest BCUT2D eigenvalue weighted by Gasteiger charge is -2.25. The summed E-state index contributed by atoms with van der Waals surface area (Å²) in [7, 11) is 0. The third kappa shape index (κ3) is 4.84. The fourth-order valence-corrected chi connectivity index (χ4v) is 4.61. The van der Waals surface area contributed by atoms with Gasteiger partial charge in [0.25, 0.3) is 0 Å². The minimum Gasteiger partial charge on any atom is -0.385 e. The Morgan fingerprint density at radius 2 is 1.97 bits per heavy atom. The van der Waals surface area contributed by atoms with Gasteiger partial charge in [0.05, 0.1) is 5.60 Å². The highest BCUT2D eigenvalue weighted by Crippen LogP contribution is 2.31. The van der Waals surface area contributed by atoms with E-state index in [2.05, 4.69) is 71.1 Å². The molecule has 4 aromatic rings. The summed E-state index contributed by atoms with van der Waals surface area (Å²) in [5.74, 6) is 0. The lowest BCUT2D eigenvalue weighted by atomic mass is 9.89. The van der Waals surface area contributed by atoms with Crippen LogP contribution in [0.15, 0.2) is 66.3 Å². The Balaban J connectivity index is 1.27. The lowest BCUT2D eigenvalue weighted by molar-refractivity contribution is 0.0445. The molecule has 0 saturated heterocycles. The van der Waals surface area contributed by atoms with E-state index in [1.807, 2.05) is 19.3 Å². The highest BCUT2D eigenvalue weighted by molar-refractivity contribution is 7.17. The van der Waals surface area contributed by atoms with E-state index in [1.54, 1.807) is 11.3 Å². The van der Waals surface area contributed by atoms with Gasteiger partial charge in [-0.25, -0.2) is 0 Å². The van der Waals surface area contributed by atoms with Crippen molar-refractivity contribution in [2.24, 2.45) is 0 Å². The van der Waals surface area contributed by atoms with Gasteiger partial charge in [0, 0.05) is 35.1 Å². The molecule has 0 amide bonds. The SMILES string of the molecule is C[C@H](CCCC(C)(O)c1ccc2sccc2c1)NCc1ccc2cnccc2c1. The molecule has 2 heterocycles. The number of nitrogens with zero attached hydrogens (tertiary/aromatic N) is 1. The molecule has 0 bridgehead atoms. The molecule has 0 aliphatic carbocycles. The van der Waals surface area contributed by atoms with E-state index in [9.17, 15) is 5.11 Å². The summed E-state index contributed by atoms with van der Waals surface area (Å²) >= 11 is 1.74. The van der Waals surface area contributed by atoms with Crippen LogP contribution in [-0.2, 0) is 12.1 Å². The van der Waals surface area contributed by atoms with E-state index >= 15 is 0 Å². The molecule has 4 heteroatoms. The molecule has 1 unspecified atom stereocenters. The van der Waals surface area contributed by atoms with Gasteiger partial charge in [-0.15, -0.1) is 11.3 Å². The second kappa shape index (κ2) is 8.62. The van der Waals surface area contributed by atoms with Gasteiger partial charge in [-0.05, 0) is 90.7 Å². The van der Waals surface area contributed by atoms with Crippen LogP contribution in [-0.4, -0.2) is 16.1 Å². The van der Waals surface area contributed by atoms with Crippen LogP contribution in [0.2, 0.25) is 0 Å². The molecule has 0 radical (unpaired) electrons. The number of aromatic nitrogens is 1. The topological polar surface area (TPSA) is 45.1 Å². The molecule has 0 saturated carbocycles. The van der Waals surface area contributed by atoms with Gasteiger partial charge in [-0.3, -0.25) is 4.98 Å². The van der Waals surface area contributed by atoms with E-state index in [1.165, 1.54) is 26.4 Å². The van der Waals surface area contributed by atoms with E-state index in [4.69, 9.17) is 0 Å². The van der Waals surface area contributed by atoms with Crippen LogP contribution in [0, 0.1) is 0 Å². The zero-order valence-electron chi connectivity index (χ0n) is 17.1. The summed E-state index contributed by atoms with van der Waals surface area (Å²) in [5, 5.41) is 20.3. The minimum atomic E-state index is -0.789. The number of hydrogen-bond acceptors (Lipinski definition) is 4. The van der Waals surface area contributed by atoms with E-state index in [0.717, 1.165) is 31.4 Å². The number of hydrogen-bond donors (Lipinski definition) is 2. The third-order valence-corrected chi connectivity index (χ3v) is 6.63. The number of aliphatic hydroxyl groups is 1. The Bertz CT molecular complexity index is 1100. The van der Waals surface area contributed by atoms with Crippen molar-refractivity contribution in [3.63, 3.8) is 0 Å². The Morgan fingerprint density at radius 1 is 1.07 bits per heavy atom. The van der Waals surface area contributed by atoms with Crippen LogP contribution in [0.4, 0.5) is 0 Å². The highest BCUT2D eigenvalue weighted by Gasteiger charge is 2.23. The van der Waals surface area contributed by atoms with Crippen molar-refractivity contribution < 1.29 is 5.11 Å². The van der Waals surface area contributed by atoms with Crippen LogP contribution in [0.3, 0.4) is 0 Å². The summed E-state index contributed by atoms with van der Waals surface area (Å²) in [6, 6.07) is 17.4. The smallest absolute Gasteiger partial charge is 0.0868 e. The Labute approximate surface area is 176 Å². The second-order valence-electron chi connectivity index (χ2n) is 8.18. The lowest BCUT2D eigenvalue weighted by Crippen LogP contribution is -2.27. The van der Waals surface area contributed by atoms with E-state index in [0.29, 0.717) is 6.04 Å². The average molecular weight is 405 g/mol. The number of benzene rings is 2. The molecule has 0 aliphatic rings. The Morgan fingerprint density at radius 3 is 2.86 bits per heavy atom. The maximum atomic E-state index is 11.0. The Kier molecular flexibility index (Phi) is 5.95. The average Bonchev–Trinajstić information content (AvgIpc) is 3.20. The van der Waals surface area contributed by atoms with Crippen molar-refractivity contribution in [3.8, 4) is 0 Å². The number of fused-ring (bicyclic) bond motifs is 2. The Hall–Kier alpha value is -2.27. The third-order valence-electron chi connectivity index (χ3n) is 5.73. The largest absolute Gasteiger partial charge is 0.385 e. The van der Waals surface area contributed by atoms with Crippen LogP contribution in [0.5, 0.6) is 0 Å². The molecule has 2 aromatic heterocycles. The predicted molar refractivity (Wildman–Crippen MR) is 123 cm³/mol. The van der Waals surface area contributed by atoms with Gasteiger partial charge in [-0.2, -0.15) is 0 Å². The van der Waals surface area contributed by atoms with Crippen molar-refractivity contribution in [2.45, 2.75) is 51.3 Å². The van der Waals surface area contributed by atoms with Gasteiger partial charge < -0.3 is 10.4 Å². The summed E-state index contributed by atoms with van der Waals surface area (Å²) in [4.78, 5) is 4.17. The van der Waals surface area contributed by atoms with Crippen molar-refractivity contribution in [1.29, 1.82) is 0 Å². The van der Waals surface area contributed by atoms with Gasteiger partial charge in [0.1, 0.15) is 0 Å². The van der Waals surface area contributed by atoms with Crippen LogP contribution in [0.1, 0.15) is 44.2 Å². The molecule has 150 valence electrons. The van der Waals surface area contributed by atoms with Crippen LogP contribution >= 0.6 is 11.3 Å². The molecule has 0 spiro atoms. The molecular weight excluding hydrogens is 376 g/mol. The normalized spacial score (nSPS) is 14.9. The summed E-state index contributed by atoms with van der Waals surface area (Å²) in [6.45, 7) is 5.00. The molecule has 2 atom stereocenters. The summed E-state index contributed by atoms with van der Waals surface area (Å²) < 4.78 is 1.27. The molecule has 3 nitrogen and oxygen atoms in total. The minimum absolute atomic E-state index is 0.401. The fourth-order valence-electron chi connectivity index (χ4n) is 3.84. The number of thiophene rings is 1. The molecule has 0 fully saturated rings. The molecular formula is C25H28N2OS. The highest BCUT2D eigenvalue weighted by atomic mass is 32.1. The quantitative estimate of drug-likeness (QED) is 0.378. The van der Waals surface area contributed by atoms with Gasteiger partial charge in [0.2, 0.25) is 0 Å². The number of rotatable bonds is 8.